The molecule has 0 aliphatic carbocycles. The van der Waals surface area contributed by atoms with Crippen molar-refractivity contribution in [3.8, 4) is 17.2 Å². The number of anilines is 2. The summed E-state index contributed by atoms with van der Waals surface area (Å²) in [6, 6.07) is 5.25. The minimum absolute atomic E-state index is 0.0311. The van der Waals surface area contributed by atoms with Crippen molar-refractivity contribution >= 4 is 21.9 Å². The molecule has 2 aliphatic rings. The molecule has 0 spiro atoms. The fourth-order valence-electron chi connectivity index (χ4n) is 5.06. The van der Waals surface area contributed by atoms with E-state index in [2.05, 4.69) is 24.9 Å². The maximum Gasteiger partial charge on any atom is 0.243 e. The topological polar surface area (TPSA) is 143 Å². The van der Waals surface area contributed by atoms with Crippen molar-refractivity contribution in [2.45, 2.75) is 43.6 Å². The maximum atomic E-state index is 13.9. The minimum Gasteiger partial charge on any atom is -0.494 e. The van der Waals surface area contributed by atoms with E-state index in [4.69, 9.17) is 18.9 Å². The van der Waals surface area contributed by atoms with E-state index in [-0.39, 0.29) is 31.0 Å². The molecule has 5 rings (SSSR count). The number of ether oxygens (including phenoxy) is 4. The van der Waals surface area contributed by atoms with Crippen molar-refractivity contribution in [3.05, 3.63) is 42.2 Å². The van der Waals surface area contributed by atoms with Gasteiger partial charge in [-0.05, 0) is 38.3 Å². The molecule has 2 aliphatic heterocycles. The zero-order valence-electron chi connectivity index (χ0n) is 22.5. The van der Waals surface area contributed by atoms with Crippen LogP contribution in [0.15, 0.2) is 30.6 Å². The molecule has 1 aromatic carbocycles. The van der Waals surface area contributed by atoms with Crippen molar-refractivity contribution in [1.29, 1.82) is 0 Å². The van der Waals surface area contributed by atoms with Crippen LogP contribution < -0.4 is 19.1 Å². The van der Waals surface area contributed by atoms with Gasteiger partial charge < -0.3 is 23.8 Å². The molecule has 2 saturated heterocycles. The average molecular weight is 578 g/mol. The van der Waals surface area contributed by atoms with E-state index in [1.165, 1.54) is 14.2 Å². The lowest BCUT2D eigenvalue weighted by Gasteiger charge is -2.37. The van der Waals surface area contributed by atoms with Crippen LogP contribution >= 0.6 is 0 Å². The van der Waals surface area contributed by atoms with E-state index in [1.54, 1.807) is 27.7 Å². The standard InChI is InChI=1S/C25H32FN7O6S/c1-4-38-17-11-18(15-32(14-17)24-27-12-16(26)13-28-24)40(34,35)31-25-30-29-23(21-9-6-10-39-21)33(25)22-19(36-2)7-5-8-20(22)37-3/h5,7-8,12-13,17-18,21H,4,6,9-11,14-15H2,1-3H3,(H,30,31)/t17-,18-,21-/m0/s1. The second-order valence-corrected chi connectivity index (χ2v) is 11.4. The summed E-state index contributed by atoms with van der Waals surface area (Å²) in [6.45, 7) is 3.23. The molecule has 3 atom stereocenters. The molecule has 216 valence electrons. The summed E-state index contributed by atoms with van der Waals surface area (Å²) >= 11 is 0. The van der Waals surface area contributed by atoms with Crippen molar-refractivity contribution < 1.29 is 31.8 Å². The van der Waals surface area contributed by atoms with Crippen LogP contribution in [0.5, 0.6) is 11.5 Å². The molecule has 2 aromatic heterocycles. The van der Waals surface area contributed by atoms with Gasteiger partial charge in [0.05, 0.1) is 32.7 Å². The van der Waals surface area contributed by atoms with Gasteiger partial charge in [0.25, 0.3) is 0 Å². The lowest BCUT2D eigenvalue weighted by Crippen LogP contribution is -2.51. The average Bonchev–Trinajstić information content (AvgIpc) is 3.63. The number of para-hydroxylation sites is 1. The molecular formula is C25H32FN7O6S. The number of aromatic nitrogens is 5. The molecule has 0 saturated carbocycles. The fourth-order valence-corrected chi connectivity index (χ4v) is 6.45. The van der Waals surface area contributed by atoms with Crippen LogP contribution in [-0.2, 0) is 19.5 Å². The number of piperidine rings is 1. The monoisotopic (exact) mass is 577 g/mol. The van der Waals surface area contributed by atoms with Crippen LogP contribution in [0.4, 0.5) is 16.3 Å². The number of hydrogen-bond donors (Lipinski definition) is 1. The lowest BCUT2D eigenvalue weighted by molar-refractivity contribution is 0.0531. The summed E-state index contributed by atoms with van der Waals surface area (Å²) in [6.07, 6.45) is 3.06. The number of hydrogen-bond acceptors (Lipinski definition) is 11. The Kier molecular flexibility index (Phi) is 8.32. The molecule has 0 amide bonds. The molecular weight excluding hydrogens is 545 g/mol. The highest BCUT2D eigenvalue weighted by Gasteiger charge is 2.39. The fraction of sp³-hybridized carbons (Fsp3) is 0.520. The maximum absolute atomic E-state index is 13.9. The zero-order chi connectivity index (χ0) is 28.3. The Morgan fingerprint density at radius 3 is 2.48 bits per heavy atom. The summed E-state index contributed by atoms with van der Waals surface area (Å²) in [5, 5.41) is 7.63. The molecule has 13 nitrogen and oxygen atoms in total. The van der Waals surface area contributed by atoms with Gasteiger partial charge in [-0.25, -0.2) is 22.8 Å². The summed E-state index contributed by atoms with van der Waals surface area (Å²) < 4.78 is 68.4. The van der Waals surface area contributed by atoms with Crippen LogP contribution in [0, 0.1) is 5.82 Å². The van der Waals surface area contributed by atoms with Gasteiger partial charge in [-0.2, -0.15) is 0 Å². The Labute approximate surface area is 231 Å². The van der Waals surface area contributed by atoms with Gasteiger partial charge >= 0.3 is 0 Å². The number of halogens is 1. The third-order valence-electron chi connectivity index (χ3n) is 6.87. The number of rotatable bonds is 10. The molecule has 0 bridgehead atoms. The zero-order valence-corrected chi connectivity index (χ0v) is 23.3. The Morgan fingerprint density at radius 1 is 1.12 bits per heavy atom. The first-order valence-electron chi connectivity index (χ1n) is 13.0. The van der Waals surface area contributed by atoms with E-state index >= 15 is 0 Å². The van der Waals surface area contributed by atoms with Crippen LogP contribution in [0.1, 0.15) is 38.1 Å². The highest BCUT2D eigenvalue weighted by Crippen LogP contribution is 2.39. The van der Waals surface area contributed by atoms with E-state index in [0.29, 0.717) is 49.2 Å². The van der Waals surface area contributed by atoms with Gasteiger partial charge in [-0.1, -0.05) is 6.07 Å². The Morgan fingerprint density at radius 2 is 1.85 bits per heavy atom. The van der Waals surface area contributed by atoms with Crippen LogP contribution in [0.2, 0.25) is 0 Å². The largest absolute Gasteiger partial charge is 0.494 e. The first-order chi connectivity index (χ1) is 19.3. The van der Waals surface area contributed by atoms with E-state index < -0.39 is 27.2 Å². The molecule has 0 unspecified atom stereocenters. The third-order valence-corrected chi connectivity index (χ3v) is 8.56. The highest BCUT2D eigenvalue weighted by atomic mass is 32.2. The number of nitrogens with one attached hydrogen (secondary N) is 1. The van der Waals surface area contributed by atoms with Crippen molar-refractivity contribution in [2.24, 2.45) is 0 Å². The van der Waals surface area contributed by atoms with Gasteiger partial charge in [-0.15, -0.1) is 10.2 Å². The van der Waals surface area contributed by atoms with Crippen LogP contribution in [0.25, 0.3) is 5.69 Å². The smallest absolute Gasteiger partial charge is 0.243 e. The second kappa shape index (κ2) is 11.9. The summed E-state index contributed by atoms with van der Waals surface area (Å²) in [5.41, 5.74) is 0.442. The van der Waals surface area contributed by atoms with Crippen molar-refractivity contribution in [3.63, 3.8) is 0 Å². The van der Waals surface area contributed by atoms with E-state index in [1.807, 2.05) is 6.92 Å². The minimum atomic E-state index is -4.06. The number of sulfonamides is 1. The summed E-state index contributed by atoms with van der Waals surface area (Å²) in [4.78, 5) is 9.75. The molecule has 3 aromatic rings. The van der Waals surface area contributed by atoms with Crippen LogP contribution in [0.3, 0.4) is 0 Å². The molecule has 4 heterocycles. The highest BCUT2D eigenvalue weighted by molar-refractivity contribution is 7.93. The molecule has 2 fully saturated rings. The predicted octanol–water partition coefficient (Wildman–Crippen LogP) is 2.49. The number of nitrogens with zero attached hydrogens (tertiary/aromatic N) is 6. The first kappa shape index (κ1) is 28.0. The molecule has 40 heavy (non-hydrogen) atoms. The molecule has 15 heteroatoms. The number of methoxy groups -OCH3 is 2. The quantitative estimate of drug-likeness (QED) is 0.380. The van der Waals surface area contributed by atoms with Crippen molar-refractivity contribution in [2.75, 3.05) is 50.1 Å². The SMILES string of the molecule is CCO[C@H]1C[C@H](S(=O)(=O)Nc2nnc([C@@H]3CCCO3)n2-c2c(OC)cccc2OC)CN(c2ncc(F)cn2)C1. The first-order valence-corrected chi connectivity index (χ1v) is 14.5. The van der Waals surface area contributed by atoms with Gasteiger partial charge in [-0.3, -0.25) is 9.29 Å². The molecule has 0 radical (unpaired) electrons. The predicted molar refractivity (Wildman–Crippen MR) is 143 cm³/mol. The molecule has 1 N–H and O–H groups in total. The van der Waals surface area contributed by atoms with Crippen molar-refractivity contribution in [1.82, 2.24) is 24.7 Å². The number of benzene rings is 1. The van der Waals surface area contributed by atoms with Gasteiger partial charge in [0.2, 0.25) is 21.9 Å². The van der Waals surface area contributed by atoms with Gasteiger partial charge in [0.1, 0.15) is 28.5 Å². The Hall–Kier alpha value is -3.56. The van der Waals surface area contributed by atoms with E-state index in [9.17, 15) is 12.8 Å². The third kappa shape index (κ3) is 5.67. The Bertz CT molecular complexity index is 1390. The lowest BCUT2D eigenvalue weighted by atomic mass is 10.1. The van der Waals surface area contributed by atoms with E-state index in [0.717, 1.165) is 18.8 Å². The van der Waals surface area contributed by atoms with Gasteiger partial charge in [0, 0.05) is 26.3 Å². The van der Waals surface area contributed by atoms with Gasteiger partial charge in [0.15, 0.2) is 11.6 Å². The normalized spacial score (nSPS) is 21.4. The van der Waals surface area contributed by atoms with Crippen LogP contribution in [-0.4, -0.2) is 85.0 Å². The summed E-state index contributed by atoms with van der Waals surface area (Å²) in [7, 11) is -1.04. The second-order valence-electron chi connectivity index (χ2n) is 9.42. The summed E-state index contributed by atoms with van der Waals surface area (Å²) in [5.74, 6) is 0.904. The Balaban J connectivity index is 1.52.